The van der Waals surface area contributed by atoms with Crippen molar-refractivity contribution < 1.29 is 42.2 Å². The van der Waals surface area contributed by atoms with Gasteiger partial charge >= 0.3 is 0 Å². The molecule has 0 bridgehead atoms. The third kappa shape index (κ3) is 4.25. The summed E-state index contributed by atoms with van der Waals surface area (Å²) in [5.74, 6) is 1.85. The summed E-state index contributed by atoms with van der Waals surface area (Å²) in [5.41, 5.74) is 0. The number of hydrogen-bond donors (Lipinski definition) is 0. The molecular weight excluding hydrogens is 361 g/mol. The molecular formula is C20H25O2Y-. The van der Waals surface area contributed by atoms with Gasteiger partial charge in [-0.15, -0.1) is 0 Å². The quantitative estimate of drug-likeness (QED) is 0.414. The molecule has 0 amide bonds. The van der Waals surface area contributed by atoms with E-state index in [9.17, 15) is 0 Å². The Balaban J connectivity index is 0.00000117. The second-order valence-electron chi connectivity index (χ2n) is 4.39. The zero-order chi connectivity index (χ0) is 15.2. The monoisotopic (exact) mass is 386 g/mol. The molecule has 0 heterocycles. The van der Waals surface area contributed by atoms with Crippen LogP contribution in [-0.2, 0) is 32.7 Å². The van der Waals surface area contributed by atoms with Gasteiger partial charge in [0, 0.05) is 54.3 Å². The molecule has 121 valence electrons. The Morgan fingerprint density at radius 3 is 1.39 bits per heavy atom. The van der Waals surface area contributed by atoms with Crippen LogP contribution in [0.3, 0.4) is 0 Å². The molecule has 0 saturated heterocycles. The van der Waals surface area contributed by atoms with Crippen LogP contribution in [0.2, 0.25) is 0 Å². The topological polar surface area (TPSA) is 18.5 Å². The second kappa shape index (κ2) is 10.6. The standard InChI is InChI=1S/C17H16O2.C2H6.CH3.Y/c1-3-19-17-14-10-6-4-8-12(14)16(18-2)13-9-5-7-11-15(13)17;1-2;;/h4-11H,3H2,1-2H3;1-2H3;1H3;/q;;-1;. The van der Waals surface area contributed by atoms with E-state index in [0.29, 0.717) is 6.61 Å². The third-order valence-electron chi connectivity index (χ3n) is 3.33. The zero-order valence-electron chi connectivity index (χ0n) is 14.7. The molecule has 0 fully saturated rings. The van der Waals surface area contributed by atoms with Gasteiger partial charge in [0.1, 0.15) is 11.5 Å². The fraction of sp³-hybridized carbons (Fsp3) is 0.250. The van der Waals surface area contributed by atoms with E-state index in [-0.39, 0.29) is 40.1 Å². The Kier molecular flexibility index (Phi) is 10.1. The first-order valence-corrected chi connectivity index (χ1v) is 7.47. The van der Waals surface area contributed by atoms with E-state index in [4.69, 9.17) is 9.47 Å². The van der Waals surface area contributed by atoms with Crippen LogP contribution in [0.25, 0.3) is 21.5 Å². The van der Waals surface area contributed by atoms with Crippen LogP contribution in [0, 0.1) is 7.43 Å². The Morgan fingerprint density at radius 2 is 1.09 bits per heavy atom. The summed E-state index contributed by atoms with van der Waals surface area (Å²) in [6.07, 6.45) is 0. The summed E-state index contributed by atoms with van der Waals surface area (Å²) in [7, 11) is 1.72. The number of ether oxygens (including phenoxy) is 2. The molecule has 0 atom stereocenters. The van der Waals surface area contributed by atoms with Gasteiger partial charge in [-0.1, -0.05) is 62.4 Å². The summed E-state index contributed by atoms with van der Waals surface area (Å²) < 4.78 is 11.5. The smallest absolute Gasteiger partial charge is 0.135 e. The minimum Gasteiger partial charge on any atom is -0.495 e. The maximum atomic E-state index is 5.88. The molecule has 0 aliphatic heterocycles. The fourth-order valence-electron chi connectivity index (χ4n) is 2.57. The summed E-state index contributed by atoms with van der Waals surface area (Å²) in [6.45, 7) is 6.66. The fourth-order valence-corrected chi connectivity index (χ4v) is 2.57. The predicted octanol–water partition coefficient (Wildman–Crippen LogP) is 5.87. The molecule has 3 aromatic carbocycles. The van der Waals surface area contributed by atoms with Crippen molar-refractivity contribution in [3.05, 3.63) is 56.0 Å². The Labute approximate surface area is 165 Å². The molecule has 23 heavy (non-hydrogen) atoms. The van der Waals surface area contributed by atoms with E-state index in [1.807, 2.05) is 45.0 Å². The van der Waals surface area contributed by atoms with Gasteiger partial charge < -0.3 is 16.9 Å². The molecule has 0 aliphatic rings. The minimum absolute atomic E-state index is 0. The SMILES string of the molecule is CC.CCOc1c2ccccc2c(OC)c2ccccc12.[CH3-].[Y]. The molecule has 0 aromatic heterocycles. The Bertz CT molecular complexity index is 681. The van der Waals surface area contributed by atoms with E-state index >= 15 is 0 Å². The maximum Gasteiger partial charge on any atom is 0.135 e. The largest absolute Gasteiger partial charge is 0.495 e. The van der Waals surface area contributed by atoms with Crippen molar-refractivity contribution >= 4 is 21.5 Å². The van der Waals surface area contributed by atoms with Crippen LogP contribution < -0.4 is 9.47 Å². The Hall–Kier alpha value is -1.12. The molecule has 3 rings (SSSR count). The van der Waals surface area contributed by atoms with E-state index in [1.165, 1.54) is 0 Å². The molecule has 0 N–H and O–H groups in total. The number of hydrogen-bond acceptors (Lipinski definition) is 2. The van der Waals surface area contributed by atoms with Crippen LogP contribution in [0.4, 0.5) is 0 Å². The van der Waals surface area contributed by atoms with Crippen LogP contribution in [0.5, 0.6) is 11.5 Å². The van der Waals surface area contributed by atoms with Crippen molar-refractivity contribution in [1.29, 1.82) is 0 Å². The normalized spacial score (nSPS) is 9.22. The first-order valence-electron chi connectivity index (χ1n) is 7.47. The third-order valence-corrected chi connectivity index (χ3v) is 3.33. The maximum absolute atomic E-state index is 5.88. The molecule has 2 nitrogen and oxygen atoms in total. The summed E-state index contributed by atoms with van der Waals surface area (Å²) >= 11 is 0. The summed E-state index contributed by atoms with van der Waals surface area (Å²) in [4.78, 5) is 0. The van der Waals surface area contributed by atoms with Gasteiger partial charge in [0.05, 0.1) is 13.7 Å². The first kappa shape index (κ1) is 21.9. The van der Waals surface area contributed by atoms with E-state index in [1.54, 1.807) is 7.11 Å². The van der Waals surface area contributed by atoms with Crippen LogP contribution in [-0.4, -0.2) is 13.7 Å². The van der Waals surface area contributed by atoms with Gasteiger partial charge in [-0.2, -0.15) is 0 Å². The summed E-state index contributed by atoms with van der Waals surface area (Å²) in [6, 6.07) is 16.4. The molecule has 0 saturated carbocycles. The molecule has 0 aliphatic carbocycles. The molecule has 1 radical (unpaired) electrons. The van der Waals surface area contributed by atoms with Crippen molar-refractivity contribution in [3.8, 4) is 11.5 Å². The zero-order valence-corrected chi connectivity index (χ0v) is 17.6. The van der Waals surface area contributed by atoms with E-state index < -0.39 is 0 Å². The van der Waals surface area contributed by atoms with Crippen molar-refractivity contribution in [1.82, 2.24) is 0 Å². The van der Waals surface area contributed by atoms with Gasteiger partial charge in [-0.3, -0.25) is 0 Å². The molecule has 3 aromatic rings. The number of methoxy groups -OCH3 is 1. The van der Waals surface area contributed by atoms with Gasteiger partial charge in [-0.25, -0.2) is 0 Å². The van der Waals surface area contributed by atoms with E-state index in [0.717, 1.165) is 33.0 Å². The van der Waals surface area contributed by atoms with Crippen molar-refractivity contribution in [2.45, 2.75) is 20.8 Å². The number of fused-ring (bicyclic) bond motifs is 2. The van der Waals surface area contributed by atoms with Gasteiger partial charge in [0.2, 0.25) is 0 Å². The van der Waals surface area contributed by atoms with Crippen LogP contribution in [0.1, 0.15) is 20.8 Å². The predicted molar refractivity (Wildman–Crippen MR) is 96.9 cm³/mol. The van der Waals surface area contributed by atoms with Crippen molar-refractivity contribution in [3.63, 3.8) is 0 Å². The average molecular weight is 386 g/mol. The Morgan fingerprint density at radius 1 is 0.739 bits per heavy atom. The minimum atomic E-state index is 0. The van der Waals surface area contributed by atoms with E-state index in [2.05, 4.69) is 24.3 Å². The summed E-state index contributed by atoms with van der Waals surface area (Å²) in [5, 5.41) is 4.37. The van der Waals surface area contributed by atoms with Gasteiger partial charge in [0.15, 0.2) is 0 Å². The first-order chi connectivity index (χ1) is 10.4. The van der Waals surface area contributed by atoms with Crippen LogP contribution in [0.15, 0.2) is 48.5 Å². The molecule has 3 heteroatoms. The molecule has 0 unspecified atom stereocenters. The van der Waals surface area contributed by atoms with Gasteiger partial charge in [-0.05, 0) is 6.92 Å². The molecule has 0 spiro atoms. The number of benzene rings is 3. The van der Waals surface area contributed by atoms with Crippen molar-refractivity contribution in [2.24, 2.45) is 0 Å². The van der Waals surface area contributed by atoms with Crippen molar-refractivity contribution in [2.75, 3.05) is 13.7 Å². The number of rotatable bonds is 3. The second-order valence-corrected chi connectivity index (χ2v) is 4.39. The average Bonchev–Trinajstić information content (AvgIpc) is 2.57. The van der Waals surface area contributed by atoms with Crippen LogP contribution >= 0.6 is 0 Å². The van der Waals surface area contributed by atoms with Gasteiger partial charge in [0.25, 0.3) is 0 Å².